The van der Waals surface area contributed by atoms with E-state index >= 15 is 0 Å². The Bertz CT molecular complexity index is 173. The van der Waals surface area contributed by atoms with E-state index in [2.05, 4.69) is 12.2 Å². The number of nitrogens with one attached hydrogen (secondary N) is 1. The van der Waals surface area contributed by atoms with Gasteiger partial charge in [0.2, 0.25) is 0 Å². The molecule has 76 valence electrons. The molecule has 0 aromatic carbocycles. The van der Waals surface area contributed by atoms with Gasteiger partial charge in [0.1, 0.15) is 0 Å². The Kier molecular flexibility index (Phi) is 4.02. The van der Waals surface area contributed by atoms with Crippen molar-refractivity contribution in [1.29, 1.82) is 0 Å². The monoisotopic (exact) mass is 186 g/mol. The molecule has 1 atom stereocenters. The Hall–Kier alpha value is -0.770. The molecule has 1 rings (SSSR count). The van der Waals surface area contributed by atoms with Gasteiger partial charge < -0.3 is 5.11 Å². The van der Waals surface area contributed by atoms with Gasteiger partial charge in [-0.15, -0.1) is 0 Å². The van der Waals surface area contributed by atoms with Crippen molar-refractivity contribution in [3.8, 4) is 0 Å². The number of amides is 1. The van der Waals surface area contributed by atoms with Crippen LogP contribution < -0.4 is 5.32 Å². The molecule has 4 nitrogen and oxygen atoms in total. The minimum absolute atomic E-state index is 0.0474. The van der Waals surface area contributed by atoms with E-state index in [9.17, 15) is 4.79 Å². The first-order valence-corrected chi connectivity index (χ1v) is 4.98. The van der Waals surface area contributed by atoms with E-state index in [1.54, 1.807) is 0 Å². The van der Waals surface area contributed by atoms with Gasteiger partial charge in [-0.05, 0) is 32.2 Å². The summed E-state index contributed by atoms with van der Waals surface area (Å²) in [5.41, 5.74) is 0. The first-order valence-electron chi connectivity index (χ1n) is 4.98. The van der Waals surface area contributed by atoms with Crippen LogP contribution in [0.2, 0.25) is 0 Å². The summed E-state index contributed by atoms with van der Waals surface area (Å²) >= 11 is 0. The molecule has 1 aliphatic heterocycles. The van der Waals surface area contributed by atoms with Crippen LogP contribution in [-0.4, -0.2) is 35.4 Å². The van der Waals surface area contributed by atoms with Gasteiger partial charge in [0.15, 0.2) is 0 Å². The molecule has 0 radical (unpaired) electrons. The number of hydrogen-bond donors (Lipinski definition) is 2. The summed E-state index contributed by atoms with van der Waals surface area (Å²) in [4.78, 5) is 12.3. The number of piperidine rings is 1. The molecule has 0 saturated carbocycles. The lowest BCUT2D eigenvalue weighted by molar-refractivity contribution is 0.0940. The molecule has 2 N–H and O–H groups in total. The van der Waals surface area contributed by atoms with Crippen molar-refractivity contribution in [2.75, 3.05) is 13.1 Å². The van der Waals surface area contributed by atoms with E-state index in [4.69, 9.17) is 5.11 Å². The van der Waals surface area contributed by atoms with Crippen molar-refractivity contribution in [2.45, 2.75) is 38.8 Å². The van der Waals surface area contributed by atoms with Crippen LogP contribution >= 0.6 is 0 Å². The fourth-order valence-electron chi connectivity index (χ4n) is 1.68. The molecule has 0 aliphatic carbocycles. The second-order valence-electron chi connectivity index (χ2n) is 3.44. The van der Waals surface area contributed by atoms with Gasteiger partial charge in [-0.25, -0.2) is 4.79 Å². The number of hydrogen-bond acceptors (Lipinski definition) is 2. The first kappa shape index (κ1) is 10.3. The van der Waals surface area contributed by atoms with Crippen molar-refractivity contribution >= 4 is 6.09 Å². The molecular formula is C9H18N2O2. The fourth-order valence-corrected chi connectivity index (χ4v) is 1.68. The Morgan fingerprint density at radius 2 is 2.38 bits per heavy atom. The predicted octanol–water partition coefficient (Wildman–Crippen LogP) is 1.48. The third kappa shape index (κ3) is 2.88. The number of rotatable bonds is 3. The van der Waals surface area contributed by atoms with E-state index in [1.165, 1.54) is 4.90 Å². The Labute approximate surface area is 78.9 Å². The van der Waals surface area contributed by atoms with Crippen LogP contribution in [0.15, 0.2) is 0 Å². The van der Waals surface area contributed by atoms with Crippen LogP contribution in [0.25, 0.3) is 0 Å². The lowest BCUT2D eigenvalue weighted by Crippen LogP contribution is -2.51. The minimum Gasteiger partial charge on any atom is -0.465 e. The highest BCUT2D eigenvalue weighted by Crippen LogP contribution is 2.14. The maximum atomic E-state index is 10.8. The highest BCUT2D eigenvalue weighted by Gasteiger charge is 2.25. The van der Waals surface area contributed by atoms with Gasteiger partial charge in [0, 0.05) is 6.54 Å². The Morgan fingerprint density at radius 3 is 3.00 bits per heavy atom. The largest absolute Gasteiger partial charge is 0.465 e. The average Bonchev–Trinajstić information content (AvgIpc) is 2.15. The molecule has 1 aliphatic rings. The maximum Gasteiger partial charge on any atom is 0.408 e. The SMILES string of the molecule is CCCNC1CCCCN1C(=O)O. The zero-order chi connectivity index (χ0) is 9.68. The second kappa shape index (κ2) is 5.07. The zero-order valence-electron chi connectivity index (χ0n) is 8.12. The summed E-state index contributed by atoms with van der Waals surface area (Å²) in [5.74, 6) is 0. The molecule has 4 heteroatoms. The molecule has 1 saturated heterocycles. The van der Waals surface area contributed by atoms with Crippen LogP contribution in [0.4, 0.5) is 4.79 Å². The van der Waals surface area contributed by atoms with Gasteiger partial charge in [-0.2, -0.15) is 0 Å². The predicted molar refractivity (Wildman–Crippen MR) is 50.7 cm³/mol. The summed E-state index contributed by atoms with van der Waals surface area (Å²) in [6, 6.07) is 0. The van der Waals surface area contributed by atoms with E-state index < -0.39 is 6.09 Å². The number of likely N-dealkylation sites (tertiary alicyclic amines) is 1. The maximum absolute atomic E-state index is 10.8. The molecule has 0 bridgehead atoms. The molecule has 13 heavy (non-hydrogen) atoms. The standard InChI is InChI=1S/C9H18N2O2/c1-2-6-10-8-5-3-4-7-11(8)9(12)13/h8,10H,2-7H2,1H3,(H,12,13). The van der Waals surface area contributed by atoms with E-state index in [0.29, 0.717) is 6.54 Å². The summed E-state index contributed by atoms with van der Waals surface area (Å²) < 4.78 is 0. The molecule has 0 aromatic rings. The summed E-state index contributed by atoms with van der Waals surface area (Å²) in [7, 11) is 0. The highest BCUT2D eigenvalue weighted by atomic mass is 16.4. The molecule has 1 fully saturated rings. The third-order valence-corrected chi connectivity index (χ3v) is 2.38. The van der Waals surface area contributed by atoms with E-state index in [0.717, 1.165) is 32.2 Å². The third-order valence-electron chi connectivity index (χ3n) is 2.38. The quantitative estimate of drug-likeness (QED) is 0.702. The highest BCUT2D eigenvalue weighted by molar-refractivity contribution is 5.65. The van der Waals surface area contributed by atoms with Crippen LogP contribution in [0.5, 0.6) is 0 Å². The van der Waals surface area contributed by atoms with Gasteiger partial charge in [-0.3, -0.25) is 10.2 Å². The number of carboxylic acid groups (broad SMARTS) is 1. The van der Waals surface area contributed by atoms with Gasteiger partial charge >= 0.3 is 6.09 Å². The molecule has 0 aromatic heterocycles. The van der Waals surface area contributed by atoms with Gasteiger partial charge in [0.25, 0.3) is 0 Å². The van der Waals surface area contributed by atoms with Crippen LogP contribution in [0.1, 0.15) is 32.6 Å². The molecule has 1 heterocycles. The first-order chi connectivity index (χ1) is 6.25. The van der Waals surface area contributed by atoms with Gasteiger partial charge in [0.05, 0.1) is 6.17 Å². The molecule has 1 unspecified atom stereocenters. The summed E-state index contributed by atoms with van der Waals surface area (Å²) in [6.07, 6.45) is 3.37. The Balaban J connectivity index is 2.41. The van der Waals surface area contributed by atoms with Crippen molar-refractivity contribution in [1.82, 2.24) is 10.2 Å². The van der Waals surface area contributed by atoms with Gasteiger partial charge in [-0.1, -0.05) is 6.92 Å². The lowest BCUT2D eigenvalue weighted by Gasteiger charge is -2.34. The average molecular weight is 186 g/mol. The van der Waals surface area contributed by atoms with Crippen LogP contribution in [-0.2, 0) is 0 Å². The van der Waals surface area contributed by atoms with Crippen LogP contribution in [0.3, 0.4) is 0 Å². The summed E-state index contributed by atoms with van der Waals surface area (Å²) in [6.45, 7) is 3.66. The number of nitrogens with zero attached hydrogens (tertiary/aromatic N) is 1. The molecule has 0 spiro atoms. The lowest BCUT2D eigenvalue weighted by atomic mass is 10.1. The van der Waals surface area contributed by atoms with Crippen molar-refractivity contribution in [2.24, 2.45) is 0 Å². The van der Waals surface area contributed by atoms with Crippen LogP contribution in [0, 0.1) is 0 Å². The van der Waals surface area contributed by atoms with E-state index in [-0.39, 0.29) is 6.17 Å². The number of carbonyl (C=O) groups is 1. The summed E-state index contributed by atoms with van der Waals surface area (Å²) in [5, 5.41) is 12.1. The second-order valence-corrected chi connectivity index (χ2v) is 3.44. The topological polar surface area (TPSA) is 52.6 Å². The van der Waals surface area contributed by atoms with Crippen molar-refractivity contribution in [3.05, 3.63) is 0 Å². The smallest absolute Gasteiger partial charge is 0.408 e. The Morgan fingerprint density at radius 1 is 1.62 bits per heavy atom. The minimum atomic E-state index is -0.798. The van der Waals surface area contributed by atoms with Crippen molar-refractivity contribution < 1.29 is 9.90 Å². The van der Waals surface area contributed by atoms with Crippen molar-refractivity contribution in [3.63, 3.8) is 0 Å². The zero-order valence-corrected chi connectivity index (χ0v) is 8.12. The van der Waals surface area contributed by atoms with E-state index in [1.807, 2.05) is 0 Å². The molecule has 1 amide bonds. The normalized spacial score (nSPS) is 23.2. The molecular weight excluding hydrogens is 168 g/mol. The fraction of sp³-hybridized carbons (Fsp3) is 0.889.